The summed E-state index contributed by atoms with van der Waals surface area (Å²) in [5.74, 6) is -1.01. The molecule has 1 heterocycles. The number of nitriles is 1. The molecular weight excluding hydrogens is 254 g/mol. The van der Waals surface area contributed by atoms with Gasteiger partial charge in [-0.3, -0.25) is 4.68 Å². The number of rotatable bonds is 5. The Morgan fingerprint density at radius 2 is 2.30 bits per heavy atom. The van der Waals surface area contributed by atoms with E-state index in [0.717, 1.165) is 12.8 Å². The fourth-order valence-electron chi connectivity index (χ4n) is 1.96. The number of aromatic carboxylic acids is 1. The average Bonchev–Trinajstić information content (AvgIpc) is 2.89. The minimum absolute atomic E-state index is 0.163. The Balaban J connectivity index is 2.45. The number of unbranched alkanes of at least 4 members (excludes halogenated alkanes) is 1. The van der Waals surface area contributed by atoms with Crippen molar-refractivity contribution in [3.05, 3.63) is 41.6 Å². The van der Waals surface area contributed by atoms with Gasteiger partial charge in [0.15, 0.2) is 0 Å². The maximum absolute atomic E-state index is 11.3. The van der Waals surface area contributed by atoms with Crippen molar-refractivity contribution in [2.45, 2.75) is 26.3 Å². The highest BCUT2D eigenvalue weighted by Crippen LogP contribution is 2.23. The predicted octanol–water partition coefficient (Wildman–Crippen LogP) is 2.92. The molecule has 0 saturated heterocycles. The molecule has 0 aliphatic carbocycles. The number of benzene rings is 1. The SMILES string of the molecule is CCCCn1cc(C(=O)O)c(-c2cccc(C#N)c2)n1. The topological polar surface area (TPSA) is 78.9 Å². The van der Waals surface area contributed by atoms with Crippen LogP contribution in [0.15, 0.2) is 30.5 Å². The van der Waals surface area contributed by atoms with Crippen molar-refractivity contribution in [3.8, 4) is 17.3 Å². The third kappa shape index (κ3) is 2.86. The zero-order chi connectivity index (χ0) is 14.5. The standard InChI is InChI=1S/C15H15N3O2/c1-2-3-7-18-10-13(15(19)20)14(17-18)12-6-4-5-11(8-12)9-16/h4-6,8,10H,2-3,7H2,1H3,(H,19,20). The van der Waals surface area contributed by atoms with Gasteiger partial charge in [0.05, 0.1) is 11.6 Å². The van der Waals surface area contributed by atoms with Gasteiger partial charge < -0.3 is 5.11 Å². The second kappa shape index (κ2) is 6.02. The van der Waals surface area contributed by atoms with Crippen LogP contribution in [-0.2, 0) is 6.54 Å². The minimum atomic E-state index is -1.01. The molecule has 1 aromatic heterocycles. The van der Waals surface area contributed by atoms with E-state index in [0.29, 0.717) is 23.4 Å². The Morgan fingerprint density at radius 3 is 2.95 bits per heavy atom. The maximum Gasteiger partial charge on any atom is 0.339 e. The van der Waals surface area contributed by atoms with Crippen molar-refractivity contribution in [2.75, 3.05) is 0 Å². The first-order valence-corrected chi connectivity index (χ1v) is 6.47. The number of nitrogens with zero attached hydrogens (tertiary/aromatic N) is 3. The molecule has 0 fully saturated rings. The van der Waals surface area contributed by atoms with Crippen LogP contribution < -0.4 is 0 Å². The number of carboxylic acids is 1. The van der Waals surface area contributed by atoms with Crippen LogP contribution in [0.4, 0.5) is 0 Å². The van der Waals surface area contributed by atoms with Gasteiger partial charge in [0.2, 0.25) is 0 Å². The van der Waals surface area contributed by atoms with E-state index < -0.39 is 5.97 Å². The van der Waals surface area contributed by atoms with Crippen LogP contribution in [0.5, 0.6) is 0 Å². The molecular formula is C15H15N3O2. The van der Waals surface area contributed by atoms with E-state index in [4.69, 9.17) is 5.26 Å². The summed E-state index contributed by atoms with van der Waals surface area (Å²) in [6.45, 7) is 2.76. The molecule has 2 aromatic rings. The molecule has 1 N–H and O–H groups in total. The molecule has 0 bridgehead atoms. The van der Waals surface area contributed by atoms with Gasteiger partial charge in [-0.05, 0) is 18.6 Å². The van der Waals surface area contributed by atoms with Gasteiger partial charge in [-0.25, -0.2) is 4.79 Å². The summed E-state index contributed by atoms with van der Waals surface area (Å²) in [6.07, 6.45) is 3.51. The summed E-state index contributed by atoms with van der Waals surface area (Å²) in [5, 5.41) is 22.5. The molecule has 0 radical (unpaired) electrons. The molecule has 5 nitrogen and oxygen atoms in total. The lowest BCUT2D eigenvalue weighted by Crippen LogP contribution is -1.98. The van der Waals surface area contributed by atoms with Crippen molar-refractivity contribution >= 4 is 5.97 Å². The molecule has 0 spiro atoms. The summed E-state index contributed by atoms with van der Waals surface area (Å²) in [6, 6.07) is 8.87. The van der Waals surface area contributed by atoms with Crippen molar-refractivity contribution in [2.24, 2.45) is 0 Å². The first kappa shape index (κ1) is 13.8. The highest BCUT2D eigenvalue weighted by molar-refractivity contribution is 5.94. The van der Waals surface area contributed by atoms with E-state index >= 15 is 0 Å². The Labute approximate surface area is 117 Å². The van der Waals surface area contributed by atoms with Crippen molar-refractivity contribution in [3.63, 3.8) is 0 Å². The highest BCUT2D eigenvalue weighted by Gasteiger charge is 2.17. The van der Waals surface area contributed by atoms with Crippen LogP contribution in [-0.4, -0.2) is 20.9 Å². The predicted molar refractivity (Wildman–Crippen MR) is 74.2 cm³/mol. The lowest BCUT2D eigenvalue weighted by Gasteiger charge is -2.00. The van der Waals surface area contributed by atoms with Gasteiger partial charge >= 0.3 is 5.97 Å². The Kier molecular flexibility index (Phi) is 4.16. The Morgan fingerprint density at radius 1 is 1.50 bits per heavy atom. The number of aromatic nitrogens is 2. The summed E-state index contributed by atoms with van der Waals surface area (Å²) in [5.41, 5.74) is 1.71. The van der Waals surface area contributed by atoms with Crippen LogP contribution in [0, 0.1) is 11.3 Å². The van der Waals surface area contributed by atoms with Crippen molar-refractivity contribution in [1.82, 2.24) is 9.78 Å². The van der Waals surface area contributed by atoms with E-state index in [1.54, 1.807) is 35.1 Å². The zero-order valence-electron chi connectivity index (χ0n) is 11.2. The van der Waals surface area contributed by atoms with Crippen LogP contribution >= 0.6 is 0 Å². The fraction of sp³-hybridized carbons (Fsp3) is 0.267. The molecule has 0 amide bonds. The monoisotopic (exact) mass is 269 g/mol. The first-order valence-electron chi connectivity index (χ1n) is 6.47. The van der Waals surface area contributed by atoms with Gasteiger partial charge in [0.1, 0.15) is 11.3 Å². The second-order valence-corrected chi connectivity index (χ2v) is 4.51. The molecule has 102 valence electrons. The van der Waals surface area contributed by atoms with Crippen molar-refractivity contribution in [1.29, 1.82) is 5.26 Å². The number of carboxylic acid groups (broad SMARTS) is 1. The Bertz CT molecular complexity index is 668. The summed E-state index contributed by atoms with van der Waals surface area (Å²) >= 11 is 0. The lowest BCUT2D eigenvalue weighted by molar-refractivity contribution is 0.0697. The largest absolute Gasteiger partial charge is 0.478 e. The van der Waals surface area contributed by atoms with Crippen LogP contribution in [0.3, 0.4) is 0 Å². The van der Waals surface area contributed by atoms with Gasteiger partial charge in [-0.1, -0.05) is 25.5 Å². The molecule has 0 aliphatic rings. The van der Waals surface area contributed by atoms with Gasteiger partial charge in [-0.15, -0.1) is 0 Å². The van der Waals surface area contributed by atoms with E-state index in [-0.39, 0.29) is 5.56 Å². The fourth-order valence-corrected chi connectivity index (χ4v) is 1.96. The third-order valence-electron chi connectivity index (χ3n) is 3.00. The van der Waals surface area contributed by atoms with Crippen LogP contribution in [0.1, 0.15) is 35.7 Å². The lowest BCUT2D eigenvalue weighted by atomic mass is 10.1. The molecule has 0 aliphatic heterocycles. The highest BCUT2D eigenvalue weighted by atomic mass is 16.4. The molecule has 0 atom stereocenters. The average molecular weight is 269 g/mol. The van der Waals surface area contributed by atoms with E-state index in [1.807, 2.05) is 6.07 Å². The van der Waals surface area contributed by atoms with Crippen molar-refractivity contribution < 1.29 is 9.90 Å². The molecule has 2 rings (SSSR count). The van der Waals surface area contributed by atoms with Crippen LogP contribution in [0.2, 0.25) is 0 Å². The molecule has 20 heavy (non-hydrogen) atoms. The summed E-state index contributed by atoms with van der Waals surface area (Å²) in [7, 11) is 0. The number of carbonyl (C=O) groups is 1. The first-order chi connectivity index (χ1) is 9.65. The number of hydrogen-bond donors (Lipinski definition) is 1. The Hall–Kier alpha value is -2.61. The van der Waals surface area contributed by atoms with Crippen LogP contribution in [0.25, 0.3) is 11.3 Å². The van der Waals surface area contributed by atoms with Gasteiger partial charge in [0.25, 0.3) is 0 Å². The smallest absolute Gasteiger partial charge is 0.339 e. The molecule has 5 heteroatoms. The molecule has 1 aromatic carbocycles. The quantitative estimate of drug-likeness (QED) is 0.905. The molecule has 0 unspecified atom stereocenters. The van der Waals surface area contributed by atoms with E-state index in [1.165, 1.54) is 0 Å². The zero-order valence-corrected chi connectivity index (χ0v) is 11.2. The van der Waals surface area contributed by atoms with E-state index in [2.05, 4.69) is 12.0 Å². The second-order valence-electron chi connectivity index (χ2n) is 4.51. The van der Waals surface area contributed by atoms with Gasteiger partial charge in [-0.2, -0.15) is 10.4 Å². The number of aryl methyl sites for hydroxylation is 1. The third-order valence-corrected chi connectivity index (χ3v) is 3.00. The van der Waals surface area contributed by atoms with Gasteiger partial charge in [0, 0.05) is 18.3 Å². The summed E-state index contributed by atoms with van der Waals surface area (Å²) < 4.78 is 1.65. The number of hydrogen-bond acceptors (Lipinski definition) is 3. The van der Waals surface area contributed by atoms with E-state index in [9.17, 15) is 9.90 Å². The minimum Gasteiger partial charge on any atom is -0.478 e. The summed E-state index contributed by atoms with van der Waals surface area (Å²) in [4.78, 5) is 11.3. The molecule has 0 saturated carbocycles. The maximum atomic E-state index is 11.3. The normalized spacial score (nSPS) is 10.2.